The Hall–Kier alpha value is -3.04. The Morgan fingerprint density at radius 2 is 2.00 bits per heavy atom. The second kappa shape index (κ2) is 8.77. The number of amides is 1. The van der Waals surface area contributed by atoms with Crippen molar-refractivity contribution in [2.75, 3.05) is 6.61 Å². The standard InChI is InChI=1S/C18H22N6O3.CH4/c1-18(2,19)16(26)20-13(11-27-10-12-6-4-3-5-7-12)15-22-23-17-21-14(25)8-9-24(15)17;/h3-9,13H,10-11,19H2,1-2H3,(H,20,26)(H,21,23,25);1H4/t13-;/m1./s1. The fourth-order valence-corrected chi connectivity index (χ4v) is 2.46. The quantitative estimate of drug-likeness (QED) is 0.559. The summed E-state index contributed by atoms with van der Waals surface area (Å²) < 4.78 is 7.38. The topological polar surface area (TPSA) is 127 Å². The first-order valence-electron chi connectivity index (χ1n) is 8.50. The number of carbonyl (C=O) groups is 1. The van der Waals surface area contributed by atoms with Crippen LogP contribution in [-0.4, -0.2) is 37.6 Å². The van der Waals surface area contributed by atoms with Crippen LogP contribution in [-0.2, 0) is 16.1 Å². The van der Waals surface area contributed by atoms with E-state index in [9.17, 15) is 9.59 Å². The molecule has 9 heteroatoms. The molecule has 150 valence electrons. The van der Waals surface area contributed by atoms with Crippen LogP contribution in [0.4, 0.5) is 0 Å². The number of ether oxygens (including phenoxy) is 1. The Balaban J connectivity index is 0.00000280. The van der Waals surface area contributed by atoms with Crippen LogP contribution < -0.4 is 16.6 Å². The van der Waals surface area contributed by atoms with Gasteiger partial charge in [0.05, 0.1) is 18.8 Å². The lowest BCUT2D eigenvalue weighted by Gasteiger charge is -2.23. The minimum Gasteiger partial charge on any atom is -0.374 e. The van der Waals surface area contributed by atoms with E-state index >= 15 is 0 Å². The van der Waals surface area contributed by atoms with Gasteiger partial charge in [0.15, 0.2) is 5.82 Å². The first-order chi connectivity index (χ1) is 12.8. The molecule has 0 saturated heterocycles. The van der Waals surface area contributed by atoms with Crippen molar-refractivity contribution in [2.45, 2.75) is 39.5 Å². The summed E-state index contributed by atoms with van der Waals surface area (Å²) in [5.41, 5.74) is 5.55. The third kappa shape index (κ3) is 5.02. The molecule has 9 nitrogen and oxygen atoms in total. The molecular weight excluding hydrogens is 360 g/mol. The highest BCUT2D eigenvalue weighted by Crippen LogP contribution is 2.14. The molecule has 0 aliphatic heterocycles. The van der Waals surface area contributed by atoms with Crippen molar-refractivity contribution in [2.24, 2.45) is 5.73 Å². The minimum absolute atomic E-state index is 0. The Labute approximate surface area is 162 Å². The number of aromatic amines is 1. The van der Waals surface area contributed by atoms with Gasteiger partial charge in [0.25, 0.3) is 5.56 Å². The molecule has 0 unspecified atom stereocenters. The molecule has 0 aliphatic carbocycles. The van der Waals surface area contributed by atoms with E-state index in [1.54, 1.807) is 24.4 Å². The molecule has 0 saturated carbocycles. The smallest absolute Gasteiger partial charge is 0.252 e. The summed E-state index contributed by atoms with van der Waals surface area (Å²) in [4.78, 5) is 26.4. The first-order valence-corrected chi connectivity index (χ1v) is 8.50. The van der Waals surface area contributed by atoms with Crippen LogP contribution in [0, 0.1) is 0 Å². The van der Waals surface area contributed by atoms with Crippen LogP contribution in [0.5, 0.6) is 0 Å². The maximum Gasteiger partial charge on any atom is 0.252 e. The number of aromatic nitrogens is 4. The molecule has 0 radical (unpaired) electrons. The van der Waals surface area contributed by atoms with Crippen LogP contribution in [0.15, 0.2) is 47.4 Å². The Kier molecular flexibility index (Phi) is 6.66. The molecule has 0 fully saturated rings. The summed E-state index contributed by atoms with van der Waals surface area (Å²) in [6, 6.07) is 10.5. The fourth-order valence-electron chi connectivity index (χ4n) is 2.46. The van der Waals surface area contributed by atoms with Gasteiger partial charge in [0, 0.05) is 12.3 Å². The van der Waals surface area contributed by atoms with E-state index in [0.717, 1.165) is 5.56 Å². The number of H-pyrrole nitrogens is 1. The van der Waals surface area contributed by atoms with Gasteiger partial charge in [-0.2, -0.15) is 0 Å². The van der Waals surface area contributed by atoms with Gasteiger partial charge in [-0.25, -0.2) is 0 Å². The molecule has 2 heterocycles. The van der Waals surface area contributed by atoms with E-state index in [-0.39, 0.29) is 31.3 Å². The Morgan fingerprint density at radius 3 is 2.68 bits per heavy atom. The average molecular weight is 386 g/mol. The highest BCUT2D eigenvalue weighted by atomic mass is 16.5. The second-order valence-electron chi connectivity index (χ2n) is 6.81. The van der Waals surface area contributed by atoms with Gasteiger partial charge in [-0.1, -0.05) is 37.8 Å². The minimum atomic E-state index is -1.06. The zero-order valence-corrected chi connectivity index (χ0v) is 15.2. The largest absolute Gasteiger partial charge is 0.374 e. The lowest BCUT2D eigenvalue weighted by atomic mass is 10.1. The van der Waals surface area contributed by atoms with E-state index in [2.05, 4.69) is 20.5 Å². The lowest BCUT2D eigenvalue weighted by molar-refractivity contribution is -0.126. The molecule has 1 amide bonds. The summed E-state index contributed by atoms with van der Waals surface area (Å²) in [6.07, 6.45) is 1.55. The van der Waals surface area contributed by atoms with Crippen LogP contribution >= 0.6 is 0 Å². The second-order valence-corrected chi connectivity index (χ2v) is 6.81. The highest BCUT2D eigenvalue weighted by Gasteiger charge is 2.28. The predicted octanol–water partition coefficient (Wildman–Crippen LogP) is 1.17. The first kappa shape index (κ1) is 21.3. The third-order valence-electron chi connectivity index (χ3n) is 3.93. The molecule has 4 N–H and O–H groups in total. The number of nitrogens with zero attached hydrogens (tertiary/aromatic N) is 3. The number of carbonyl (C=O) groups excluding carboxylic acids is 1. The fraction of sp³-hybridized carbons (Fsp3) is 0.368. The Bertz CT molecular complexity index is 974. The predicted molar refractivity (Wildman–Crippen MR) is 106 cm³/mol. The van der Waals surface area contributed by atoms with Gasteiger partial charge in [-0.3, -0.25) is 19.0 Å². The molecule has 3 aromatic rings. The number of benzene rings is 1. The van der Waals surface area contributed by atoms with Crippen molar-refractivity contribution in [3.8, 4) is 0 Å². The van der Waals surface area contributed by atoms with Crippen molar-refractivity contribution in [1.82, 2.24) is 24.9 Å². The van der Waals surface area contributed by atoms with Crippen LogP contribution in [0.3, 0.4) is 0 Å². The lowest BCUT2D eigenvalue weighted by Crippen LogP contribution is -2.50. The molecule has 0 bridgehead atoms. The molecule has 1 aromatic carbocycles. The van der Waals surface area contributed by atoms with Crippen LogP contribution in [0.1, 0.15) is 38.7 Å². The number of nitrogens with two attached hydrogens (primary N) is 1. The van der Waals surface area contributed by atoms with E-state index in [4.69, 9.17) is 10.5 Å². The van der Waals surface area contributed by atoms with Gasteiger partial charge in [0.2, 0.25) is 11.7 Å². The average Bonchev–Trinajstić information content (AvgIpc) is 3.03. The maximum atomic E-state index is 12.4. The summed E-state index contributed by atoms with van der Waals surface area (Å²) in [7, 11) is 0. The maximum absolute atomic E-state index is 12.4. The zero-order valence-electron chi connectivity index (χ0n) is 15.2. The van der Waals surface area contributed by atoms with E-state index < -0.39 is 11.6 Å². The van der Waals surface area contributed by atoms with E-state index in [0.29, 0.717) is 12.4 Å². The molecule has 3 rings (SSSR count). The number of rotatable bonds is 7. The van der Waals surface area contributed by atoms with Gasteiger partial charge in [-0.15, -0.1) is 10.2 Å². The molecular formula is C19H26N6O3. The van der Waals surface area contributed by atoms with Crippen molar-refractivity contribution in [1.29, 1.82) is 0 Å². The highest BCUT2D eigenvalue weighted by molar-refractivity contribution is 5.85. The normalized spacial score (nSPS) is 12.4. The molecule has 1 atom stereocenters. The third-order valence-corrected chi connectivity index (χ3v) is 3.93. The number of hydrogen-bond acceptors (Lipinski definition) is 6. The van der Waals surface area contributed by atoms with Gasteiger partial charge in [0.1, 0.15) is 6.04 Å². The molecule has 2 aromatic heterocycles. The van der Waals surface area contributed by atoms with Crippen molar-refractivity contribution in [3.05, 3.63) is 64.3 Å². The van der Waals surface area contributed by atoms with Gasteiger partial charge < -0.3 is 15.8 Å². The molecule has 0 aliphatic rings. The van der Waals surface area contributed by atoms with Crippen molar-refractivity contribution in [3.63, 3.8) is 0 Å². The summed E-state index contributed by atoms with van der Waals surface area (Å²) in [5, 5.41) is 10.9. The zero-order chi connectivity index (χ0) is 19.4. The monoisotopic (exact) mass is 386 g/mol. The van der Waals surface area contributed by atoms with E-state index in [1.807, 2.05) is 30.3 Å². The summed E-state index contributed by atoms with van der Waals surface area (Å²) >= 11 is 0. The van der Waals surface area contributed by atoms with Crippen molar-refractivity contribution >= 4 is 11.7 Å². The summed E-state index contributed by atoms with van der Waals surface area (Å²) in [6.45, 7) is 3.77. The number of fused-ring (bicyclic) bond motifs is 1. The van der Waals surface area contributed by atoms with Gasteiger partial charge in [-0.05, 0) is 19.4 Å². The summed E-state index contributed by atoms with van der Waals surface area (Å²) in [5.74, 6) is 0.371. The Morgan fingerprint density at radius 1 is 1.29 bits per heavy atom. The van der Waals surface area contributed by atoms with Crippen molar-refractivity contribution < 1.29 is 9.53 Å². The SMILES string of the molecule is C.CC(C)(N)C(=O)N[C@H](COCc1ccccc1)c1nnc2[nH]c(=O)ccn12. The van der Waals surface area contributed by atoms with Gasteiger partial charge >= 0.3 is 0 Å². The van der Waals surface area contributed by atoms with Crippen LogP contribution in [0.2, 0.25) is 0 Å². The molecule has 0 spiro atoms. The molecule has 28 heavy (non-hydrogen) atoms. The van der Waals surface area contributed by atoms with E-state index in [1.165, 1.54) is 6.07 Å². The van der Waals surface area contributed by atoms with Crippen LogP contribution in [0.25, 0.3) is 5.78 Å². The number of nitrogens with one attached hydrogen (secondary N) is 2. The number of hydrogen-bond donors (Lipinski definition) is 3.